The second-order valence-corrected chi connectivity index (χ2v) is 9.26. The predicted molar refractivity (Wildman–Crippen MR) is 131 cm³/mol. The smallest absolute Gasteiger partial charge is 0.411 e. The molecule has 0 amide bonds. The van der Waals surface area contributed by atoms with Crippen molar-refractivity contribution in [2.75, 3.05) is 6.61 Å². The molecule has 0 aliphatic heterocycles. The molecule has 0 saturated carbocycles. The Kier molecular flexibility index (Phi) is 6.38. The number of benzene rings is 4. The number of hydrogen-bond donors (Lipinski definition) is 0. The number of rotatable bonds is 5. The van der Waals surface area contributed by atoms with Gasteiger partial charge in [-0.05, 0) is 43.9 Å². The average molecular weight is 528 g/mol. The van der Waals surface area contributed by atoms with Crippen LogP contribution in [0.4, 0.5) is 13.2 Å². The highest BCUT2D eigenvalue weighted by Crippen LogP contribution is 2.49. The zero-order chi connectivity index (χ0) is 27.4. The Balaban J connectivity index is 1.86. The molecule has 0 bridgehead atoms. The summed E-state index contributed by atoms with van der Waals surface area (Å²) in [4.78, 5) is 36.3. The molecule has 1 aliphatic carbocycles. The van der Waals surface area contributed by atoms with Crippen molar-refractivity contribution < 1.29 is 46.5 Å². The maximum Gasteiger partial charge on any atom is 0.411 e. The second-order valence-electron chi connectivity index (χ2n) is 9.26. The molecule has 4 atom stereocenters. The highest BCUT2D eigenvalue weighted by Gasteiger charge is 2.51. The normalized spacial score (nSPS) is 21.4. The molecule has 0 heterocycles. The molecular weight excluding hydrogens is 505 g/mol. The van der Waals surface area contributed by atoms with E-state index >= 15 is 0 Å². The molecule has 0 unspecified atom stereocenters. The van der Waals surface area contributed by atoms with Crippen LogP contribution in [-0.2, 0) is 33.3 Å². The lowest BCUT2D eigenvalue weighted by molar-refractivity contribution is -0.225. The first-order chi connectivity index (χ1) is 17.9. The molecule has 0 saturated heterocycles. The number of carbonyl (C=O) groups is 3. The van der Waals surface area contributed by atoms with Crippen molar-refractivity contribution in [1.82, 2.24) is 0 Å². The van der Waals surface area contributed by atoms with Gasteiger partial charge in [-0.2, -0.15) is 13.2 Å². The van der Waals surface area contributed by atoms with Gasteiger partial charge in [-0.25, -0.2) is 0 Å². The van der Waals surface area contributed by atoms with Gasteiger partial charge in [0, 0.05) is 26.3 Å². The first-order valence-electron chi connectivity index (χ1n) is 11.8. The highest BCUT2D eigenvalue weighted by atomic mass is 19.4. The van der Waals surface area contributed by atoms with Crippen LogP contribution in [0.15, 0.2) is 48.5 Å². The maximum absolute atomic E-state index is 13.4. The van der Waals surface area contributed by atoms with E-state index < -0.39 is 55.1 Å². The summed E-state index contributed by atoms with van der Waals surface area (Å²) in [5.41, 5.74) is 0.564. The van der Waals surface area contributed by atoms with Crippen LogP contribution < -0.4 is 0 Å². The lowest BCUT2D eigenvalue weighted by atomic mass is 9.78. The van der Waals surface area contributed by atoms with Crippen molar-refractivity contribution in [3.05, 3.63) is 59.7 Å². The van der Waals surface area contributed by atoms with Crippen molar-refractivity contribution >= 4 is 50.2 Å². The molecule has 4 aromatic rings. The van der Waals surface area contributed by atoms with Gasteiger partial charge in [0.15, 0.2) is 18.3 Å². The number of alkyl halides is 3. The molecule has 7 nitrogen and oxygen atoms in total. The van der Waals surface area contributed by atoms with Gasteiger partial charge >= 0.3 is 24.1 Å². The van der Waals surface area contributed by atoms with E-state index in [1.165, 1.54) is 0 Å². The third-order valence-electron chi connectivity index (χ3n) is 6.56. The van der Waals surface area contributed by atoms with Crippen LogP contribution in [0, 0.1) is 0 Å². The molecule has 38 heavy (non-hydrogen) atoms. The Morgan fingerprint density at radius 1 is 0.737 bits per heavy atom. The highest BCUT2D eigenvalue weighted by molar-refractivity contribution is 6.24. The summed E-state index contributed by atoms with van der Waals surface area (Å²) in [7, 11) is 0. The van der Waals surface area contributed by atoms with Crippen LogP contribution >= 0.6 is 0 Å². The lowest BCUT2D eigenvalue weighted by Crippen LogP contribution is -2.49. The Labute approximate surface area is 214 Å². The first kappa shape index (κ1) is 25.7. The van der Waals surface area contributed by atoms with Crippen molar-refractivity contribution in [2.45, 2.75) is 51.4 Å². The zero-order valence-electron chi connectivity index (χ0n) is 20.6. The van der Waals surface area contributed by atoms with Crippen LogP contribution in [-0.4, -0.2) is 42.9 Å². The van der Waals surface area contributed by atoms with Crippen LogP contribution in [0.1, 0.15) is 44.1 Å². The van der Waals surface area contributed by atoms with Gasteiger partial charge in [-0.15, -0.1) is 0 Å². The van der Waals surface area contributed by atoms with Crippen molar-refractivity contribution in [3.8, 4) is 0 Å². The summed E-state index contributed by atoms with van der Waals surface area (Å²) in [5, 5.41) is 4.81. The molecule has 0 fully saturated rings. The monoisotopic (exact) mass is 528 g/mol. The largest absolute Gasteiger partial charge is 0.455 e. The number of ether oxygens (including phenoxy) is 4. The summed E-state index contributed by atoms with van der Waals surface area (Å²) < 4.78 is 62.0. The first-order valence-corrected chi connectivity index (χ1v) is 11.8. The third-order valence-corrected chi connectivity index (χ3v) is 6.56. The van der Waals surface area contributed by atoms with E-state index in [4.69, 9.17) is 18.9 Å². The average Bonchev–Trinajstić information content (AvgIpc) is 2.82. The van der Waals surface area contributed by atoms with E-state index in [1.807, 2.05) is 36.4 Å². The molecule has 0 N–H and O–H groups in total. The van der Waals surface area contributed by atoms with Crippen LogP contribution in [0.3, 0.4) is 0 Å². The van der Waals surface area contributed by atoms with Gasteiger partial charge in [-0.1, -0.05) is 42.5 Å². The minimum absolute atomic E-state index is 0.265. The second kappa shape index (κ2) is 9.43. The zero-order valence-corrected chi connectivity index (χ0v) is 20.6. The fraction of sp³-hybridized carbons (Fsp3) is 0.321. The molecule has 1 aliphatic rings. The molecule has 10 heteroatoms. The minimum atomic E-state index is -4.70. The van der Waals surface area contributed by atoms with Crippen LogP contribution in [0.5, 0.6) is 0 Å². The van der Waals surface area contributed by atoms with Gasteiger partial charge in [0.1, 0.15) is 12.7 Å². The fourth-order valence-corrected chi connectivity index (χ4v) is 5.41. The maximum atomic E-state index is 13.4. The number of hydrogen-bond acceptors (Lipinski definition) is 7. The van der Waals surface area contributed by atoms with Gasteiger partial charge in [0.2, 0.25) is 0 Å². The molecule has 0 radical (unpaired) electrons. The van der Waals surface area contributed by atoms with Crippen molar-refractivity contribution in [3.63, 3.8) is 0 Å². The predicted octanol–water partition coefficient (Wildman–Crippen LogP) is 5.69. The Morgan fingerprint density at radius 2 is 1.29 bits per heavy atom. The number of esters is 3. The summed E-state index contributed by atoms with van der Waals surface area (Å²) in [6.45, 7) is 1.67. The van der Waals surface area contributed by atoms with Gasteiger partial charge in [0.25, 0.3) is 0 Å². The number of fused-ring (bicyclic) bond motifs is 2. The standard InChI is InChI=1S/C28H23F3O7/c1-13(32)36-24-20-11-18-8-7-16-5-4-6-17-9-10-19(22(18)21(16)17)23(20)25(35-12-28(29,30)31)27(38-15(3)34)26(24)37-14(2)33/h4-11,24-27H,12H2,1-3H3/t24-,25+,26+,27+/m1/s1. The van der Waals surface area contributed by atoms with E-state index in [2.05, 4.69) is 0 Å². The van der Waals surface area contributed by atoms with E-state index in [0.717, 1.165) is 47.7 Å². The summed E-state index contributed by atoms with van der Waals surface area (Å²) in [5.74, 6) is -2.37. The quantitative estimate of drug-likeness (QED) is 0.187. The fourth-order valence-electron chi connectivity index (χ4n) is 5.41. The van der Waals surface area contributed by atoms with Crippen molar-refractivity contribution in [2.24, 2.45) is 0 Å². The molecule has 0 spiro atoms. The Hall–Kier alpha value is -3.92. The van der Waals surface area contributed by atoms with Crippen LogP contribution in [0.2, 0.25) is 0 Å². The van der Waals surface area contributed by atoms with Gasteiger partial charge in [0.05, 0.1) is 0 Å². The minimum Gasteiger partial charge on any atom is -0.455 e. The van der Waals surface area contributed by atoms with Crippen LogP contribution in [0.25, 0.3) is 32.3 Å². The molecule has 5 rings (SSSR count). The summed E-state index contributed by atoms with van der Waals surface area (Å²) in [6.07, 6.45) is -10.5. The van der Waals surface area contributed by atoms with E-state index in [9.17, 15) is 27.6 Å². The van der Waals surface area contributed by atoms with E-state index in [-0.39, 0.29) is 5.56 Å². The SMILES string of the molecule is CC(=O)O[C@@H]1[C@@H](OC(C)=O)[C@@H](OCC(F)(F)F)c2c(cc3ccc4cccc5ccc2c3c45)[C@H]1OC(C)=O. The Bertz CT molecular complexity index is 1550. The topological polar surface area (TPSA) is 88.1 Å². The van der Waals surface area contributed by atoms with Gasteiger partial charge in [-0.3, -0.25) is 14.4 Å². The van der Waals surface area contributed by atoms with E-state index in [1.54, 1.807) is 12.1 Å². The number of carbonyl (C=O) groups excluding carboxylic acids is 3. The molecule has 0 aromatic heterocycles. The summed E-state index contributed by atoms with van der Waals surface area (Å²) in [6, 6.07) is 14.8. The lowest BCUT2D eigenvalue weighted by Gasteiger charge is -2.42. The molecular formula is C28H23F3O7. The number of halogens is 3. The summed E-state index contributed by atoms with van der Waals surface area (Å²) >= 11 is 0. The molecule has 4 aromatic carbocycles. The van der Waals surface area contributed by atoms with Crippen molar-refractivity contribution in [1.29, 1.82) is 0 Å². The molecule has 198 valence electrons. The third kappa shape index (κ3) is 4.60. The Morgan fingerprint density at radius 3 is 1.87 bits per heavy atom. The van der Waals surface area contributed by atoms with Gasteiger partial charge < -0.3 is 18.9 Å². The van der Waals surface area contributed by atoms with E-state index in [0.29, 0.717) is 10.9 Å².